The van der Waals surface area contributed by atoms with Crippen LogP contribution in [-0.4, -0.2) is 45.2 Å². The maximum atomic E-state index is 11.4. The number of nitrogens with one attached hydrogen (secondary N) is 2. The molecular weight excluding hydrogens is 262 g/mol. The van der Waals surface area contributed by atoms with Gasteiger partial charge in [-0.15, -0.1) is 5.10 Å². The summed E-state index contributed by atoms with van der Waals surface area (Å²) in [5.41, 5.74) is -0.102. The molecular formula is C12H19N5O3. The number of rotatable bonds is 8. The van der Waals surface area contributed by atoms with Crippen molar-refractivity contribution < 1.29 is 14.7 Å². The van der Waals surface area contributed by atoms with Gasteiger partial charge in [-0.3, -0.25) is 0 Å². The number of hydrogen-bond donors (Lipinski definition) is 3. The zero-order valence-corrected chi connectivity index (χ0v) is 11.2. The molecule has 0 aliphatic heterocycles. The van der Waals surface area contributed by atoms with Crippen molar-refractivity contribution >= 4 is 12.0 Å². The molecule has 1 aromatic heterocycles. The summed E-state index contributed by atoms with van der Waals surface area (Å²) in [7, 11) is 0. The van der Waals surface area contributed by atoms with E-state index in [1.54, 1.807) is 0 Å². The lowest BCUT2D eigenvalue weighted by Crippen LogP contribution is -2.37. The Balaban J connectivity index is 1.54. The number of nitrogens with zero attached hydrogens (tertiary/aromatic N) is 3. The van der Waals surface area contributed by atoms with Crippen LogP contribution in [0.15, 0.2) is 6.20 Å². The molecule has 0 saturated heterocycles. The Morgan fingerprint density at radius 3 is 2.75 bits per heavy atom. The Hall–Kier alpha value is -2.12. The normalized spacial score (nSPS) is 14.0. The molecule has 2 rings (SSSR count). The summed E-state index contributed by atoms with van der Waals surface area (Å²) >= 11 is 0. The summed E-state index contributed by atoms with van der Waals surface area (Å²) in [4.78, 5) is 22.0. The van der Waals surface area contributed by atoms with Crippen molar-refractivity contribution in [3.05, 3.63) is 11.9 Å². The average Bonchev–Trinajstić information content (AvgIpc) is 3.11. The summed E-state index contributed by atoms with van der Waals surface area (Å²) < 4.78 is 1.39. The van der Waals surface area contributed by atoms with Crippen molar-refractivity contribution in [2.45, 2.75) is 32.2 Å². The number of hydrogen-bond acceptors (Lipinski definition) is 4. The fourth-order valence-corrected chi connectivity index (χ4v) is 1.85. The van der Waals surface area contributed by atoms with Crippen molar-refractivity contribution in [2.75, 3.05) is 13.1 Å². The molecule has 0 unspecified atom stereocenters. The van der Waals surface area contributed by atoms with Crippen molar-refractivity contribution in [3.63, 3.8) is 0 Å². The van der Waals surface area contributed by atoms with E-state index in [1.807, 2.05) is 0 Å². The molecule has 1 aliphatic carbocycles. The first-order valence-corrected chi connectivity index (χ1v) is 6.80. The minimum absolute atomic E-state index is 0.102. The molecule has 0 atom stereocenters. The molecule has 0 aromatic carbocycles. The Morgan fingerprint density at radius 2 is 2.10 bits per heavy atom. The zero-order valence-electron chi connectivity index (χ0n) is 11.2. The molecule has 1 aromatic rings. The monoisotopic (exact) mass is 281 g/mol. The highest BCUT2D eigenvalue weighted by Crippen LogP contribution is 2.33. The van der Waals surface area contributed by atoms with E-state index in [2.05, 4.69) is 20.9 Å². The lowest BCUT2D eigenvalue weighted by atomic mass is 10.2. The van der Waals surface area contributed by atoms with Gasteiger partial charge in [-0.2, -0.15) is 0 Å². The molecule has 0 spiro atoms. The first kappa shape index (κ1) is 14.3. The number of carboxylic acid groups (broad SMARTS) is 1. The number of carboxylic acids is 1. The van der Waals surface area contributed by atoms with E-state index in [4.69, 9.17) is 5.11 Å². The molecule has 110 valence electrons. The molecule has 8 nitrogen and oxygen atoms in total. The standard InChI is InChI=1S/C12H19N5O3/c18-11(19)10-8-17(16-15-10)7-6-14-12(20)13-5-1-2-9-3-4-9/h8-9H,1-7H2,(H,18,19)(H2,13,14,20). The van der Waals surface area contributed by atoms with Crippen LogP contribution in [0, 0.1) is 5.92 Å². The van der Waals surface area contributed by atoms with Gasteiger partial charge in [0.05, 0.1) is 12.7 Å². The molecule has 8 heteroatoms. The van der Waals surface area contributed by atoms with E-state index in [0.717, 1.165) is 12.3 Å². The van der Waals surface area contributed by atoms with Gasteiger partial charge in [0.25, 0.3) is 0 Å². The van der Waals surface area contributed by atoms with Gasteiger partial charge in [0.2, 0.25) is 0 Å². The van der Waals surface area contributed by atoms with Gasteiger partial charge < -0.3 is 15.7 Å². The van der Waals surface area contributed by atoms with Gasteiger partial charge in [0, 0.05) is 13.1 Å². The van der Waals surface area contributed by atoms with E-state index in [0.29, 0.717) is 19.6 Å². The molecule has 20 heavy (non-hydrogen) atoms. The van der Waals surface area contributed by atoms with Crippen LogP contribution in [0.3, 0.4) is 0 Å². The number of amides is 2. The van der Waals surface area contributed by atoms with E-state index >= 15 is 0 Å². The Bertz CT molecular complexity index is 469. The highest BCUT2D eigenvalue weighted by atomic mass is 16.4. The van der Waals surface area contributed by atoms with Gasteiger partial charge in [-0.25, -0.2) is 14.3 Å². The van der Waals surface area contributed by atoms with Crippen LogP contribution in [0.1, 0.15) is 36.2 Å². The van der Waals surface area contributed by atoms with Crippen LogP contribution in [0.25, 0.3) is 0 Å². The Kier molecular flexibility index (Phi) is 4.91. The van der Waals surface area contributed by atoms with Crippen molar-refractivity contribution in [3.8, 4) is 0 Å². The first-order valence-electron chi connectivity index (χ1n) is 6.80. The van der Waals surface area contributed by atoms with Crippen molar-refractivity contribution in [2.24, 2.45) is 5.92 Å². The summed E-state index contributed by atoms with van der Waals surface area (Å²) in [5, 5.41) is 21.3. The second-order valence-electron chi connectivity index (χ2n) is 4.94. The molecule has 2 amide bonds. The van der Waals surface area contributed by atoms with E-state index in [-0.39, 0.29) is 11.7 Å². The Labute approximate surface area is 116 Å². The van der Waals surface area contributed by atoms with Crippen molar-refractivity contribution in [1.82, 2.24) is 25.6 Å². The lowest BCUT2D eigenvalue weighted by Gasteiger charge is -2.07. The first-order chi connectivity index (χ1) is 9.65. The second-order valence-corrected chi connectivity index (χ2v) is 4.94. The SMILES string of the molecule is O=C(NCCCC1CC1)NCCn1cc(C(=O)O)nn1. The zero-order chi connectivity index (χ0) is 14.4. The molecule has 0 radical (unpaired) electrons. The fourth-order valence-electron chi connectivity index (χ4n) is 1.85. The van der Waals surface area contributed by atoms with Crippen LogP contribution < -0.4 is 10.6 Å². The predicted molar refractivity (Wildman–Crippen MR) is 70.3 cm³/mol. The molecule has 1 aliphatic rings. The van der Waals surface area contributed by atoms with E-state index in [1.165, 1.54) is 30.1 Å². The van der Waals surface area contributed by atoms with Crippen LogP contribution in [0.2, 0.25) is 0 Å². The van der Waals surface area contributed by atoms with Gasteiger partial charge in [-0.05, 0) is 18.8 Å². The smallest absolute Gasteiger partial charge is 0.358 e. The van der Waals surface area contributed by atoms with Gasteiger partial charge in [-0.1, -0.05) is 18.1 Å². The maximum Gasteiger partial charge on any atom is 0.358 e. The number of carbonyl (C=O) groups excluding carboxylic acids is 1. The molecule has 1 heterocycles. The van der Waals surface area contributed by atoms with E-state index < -0.39 is 5.97 Å². The lowest BCUT2D eigenvalue weighted by molar-refractivity contribution is 0.0690. The highest BCUT2D eigenvalue weighted by Gasteiger charge is 2.20. The Morgan fingerprint density at radius 1 is 1.35 bits per heavy atom. The average molecular weight is 281 g/mol. The van der Waals surface area contributed by atoms with Gasteiger partial charge >= 0.3 is 12.0 Å². The highest BCUT2D eigenvalue weighted by molar-refractivity contribution is 5.84. The third-order valence-corrected chi connectivity index (χ3v) is 3.16. The molecule has 0 bridgehead atoms. The maximum absolute atomic E-state index is 11.4. The molecule has 1 fully saturated rings. The number of urea groups is 1. The van der Waals surface area contributed by atoms with Crippen LogP contribution >= 0.6 is 0 Å². The fraction of sp³-hybridized carbons (Fsp3) is 0.667. The molecule has 3 N–H and O–H groups in total. The minimum atomic E-state index is -1.11. The number of aromatic carboxylic acids is 1. The quantitative estimate of drug-likeness (QED) is 0.600. The number of carbonyl (C=O) groups is 2. The van der Waals surface area contributed by atoms with Crippen molar-refractivity contribution in [1.29, 1.82) is 0 Å². The topological polar surface area (TPSA) is 109 Å². The summed E-state index contributed by atoms with van der Waals surface area (Å²) in [6.45, 7) is 1.45. The van der Waals surface area contributed by atoms with Crippen LogP contribution in [0.5, 0.6) is 0 Å². The van der Waals surface area contributed by atoms with Gasteiger partial charge in [0.15, 0.2) is 5.69 Å². The summed E-state index contributed by atoms with van der Waals surface area (Å²) in [6.07, 6.45) is 6.21. The predicted octanol–water partition coefficient (Wildman–Crippen LogP) is 0.466. The van der Waals surface area contributed by atoms with E-state index in [9.17, 15) is 9.59 Å². The minimum Gasteiger partial charge on any atom is -0.476 e. The summed E-state index contributed by atoms with van der Waals surface area (Å²) in [6, 6.07) is -0.209. The summed E-state index contributed by atoms with van der Waals surface area (Å²) in [5.74, 6) is -0.228. The van der Waals surface area contributed by atoms with Crippen LogP contribution in [-0.2, 0) is 6.54 Å². The van der Waals surface area contributed by atoms with Crippen LogP contribution in [0.4, 0.5) is 4.79 Å². The second kappa shape index (κ2) is 6.88. The largest absolute Gasteiger partial charge is 0.476 e. The molecule has 1 saturated carbocycles. The number of aromatic nitrogens is 3. The third kappa shape index (κ3) is 4.87. The third-order valence-electron chi connectivity index (χ3n) is 3.16. The van der Waals surface area contributed by atoms with Gasteiger partial charge in [0.1, 0.15) is 0 Å².